The number of non-ortho nitro benzene ring substituents is 1. The first-order valence-electron chi connectivity index (χ1n) is 9.25. The zero-order valence-electron chi connectivity index (χ0n) is 16.3. The van der Waals surface area contributed by atoms with E-state index < -0.39 is 22.1 Å². The lowest BCUT2D eigenvalue weighted by Crippen LogP contribution is -2.33. The number of aromatic nitrogens is 3. The molecular formula is C20H15N5O5S2. The minimum absolute atomic E-state index is 0.0196. The molecule has 12 heteroatoms. The third kappa shape index (κ3) is 4.92. The third-order valence-electron chi connectivity index (χ3n) is 4.37. The minimum Gasteiger partial charge on any atom is -0.311 e. The van der Waals surface area contributed by atoms with Gasteiger partial charge in [-0.1, -0.05) is 42.1 Å². The number of carbonyl (C=O) groups excluding carboxylic acids is 1. The molecule has 1 amide bonds. The molecule has 0 aliphatic carbocycles. The van der Waals surface area contributed by atoms with Crippen LogP contribution in [0, 0.1) is 10.1 Å². The van der Waals surface area contributed by atoms with Crippen LogP contribution in [0.15, 0.2) is 68.5 Å². The topological polar surface area (TPSA) is 140 Å². The lowest BCUT2D eigenvalue weighted by atomic mass is 10.2. The number of nitro groups is 1. The van der Waals surface area contributed by atoms with Crippen molar-refractivity contribution < 1.29 is 9.72 Å². The Labute approximate surface area is 188 Å². The normalized spacial score (nSPS) is 10.9. The summed E-state index contributed by atoms with van der Waals surface area (Å²) in [6.07, 6.45) is 0. The molecule has 162 valence electrons. The number of nitro benzene ring substituents is 1. The molecule has 0 saturated carbocycles. The Morgan fingerprint density at radius 2 is 1.97 bits per heavy atom. The molecule has 4 rings (SSSR count). The van der Waals surface area contributed by atoms with Gasteiger partial charge in [-0.3, -0.25) is 29.3 Å². The predicted octanol–water partition coefficient (Wildman–Crippen LogP) is 2.83. The Bertz CT molecular complexity index is 1430. The van der Waals surface area contributed by atoms with E-state index in [1.165, 1.54) is 28.0 Å². The number of thiazole rings is 1. The van der Waals surface area contributed by atoms with E-state index in [4.69, 9.17) is 0 Å². The van der Waals surface area contributed by atoms with Crippen molar-refractivity contribution >= 4 is 50.7 Å². The lowest BCUT2D eigenvalue weighted by molar-refractivity contribution is -0.384. The van der Waals surface area contributed by atoms with Gasteiger partial charge < -0.3 is 5.32 Å². The van der Waals surface area contributed by atoms with Crippen LogP contribution in [-0.4, -0.2) is 31.1 Å². The van der Waals surface area contributed by atoms with E-state index in [9.17, 15) is 24.5 Å². The van der Waals surface area contributed by atoms with E-state index in [1.807, 2.05) is 30.3 Å². The maximum atomic E-state index is 12.5. The van der Waals surface area contributed by atoms with Crippen molar-refractivity contribution in [3.63, 3.8) is 0 Å². The average Bonchev–Trinajstić information content (AvgIpc) is 3.17. The largest absolute Gasteiger partial charge is 0.330 e. The maximum absolute atomic E-state index is 12.5. The van der Waals surface area contributed by atoms with Crippen LogP contribution in [0.25, 0.3) is 10.2 Å². The molecular weight excluding hydrogens is 454 g/mol. The number of carbonyl (C=O) groups is 1. The highest BCUT2D eigenvalue weighted by atomic mass is 32.2. The molecule has 2 heterocycles. The van der Waals surface area contributed by atoms with Gasteiger partial charge in [0.15, 0.2) is 4.34 Å². The molecule has 0 fully saturated rings. The fourth-order valence-electron chi connectivity index (χ4n) is 2.92. The standard InChI is InChI=1S/C20H15N5O5S2/c26-17-9-16(24(19(28)23-17)10-12-4-2-1-3-5-12)22-18(27)11-31-20-21-14-8-13(25(29)30)6-7-15(14)32-20/h1-9H,10-11H2,(H,22,27)(H,23,26,28). The molecule has 10 nitrogen and oxygen atoms in total. The van der Waals surface area contributed by atoms with E-state index in [0.29, 0.717) is 9.86 Å². The number of hydrogen-bond acceptors (Lipinski definition) is 8. The van der Waals surface area contributed by atoms with Crippen molar-refractivity contribution in [1.82, 2.24) is 14.5 Å². The number of benzene rings is 2. The first kappa shape index (κ1) is 21.5. The van der Waals surface area contributed by atoms with Crippen LogP contribution < -0.4 is 16.6 Å². The highest BCUT2D eigenvalue weighted by Gasteiger charge is 2.14. The van der Waals surface area contributed by atoms with Crippen molar-refractivity contribution in [3.05, 3.63) is 91.1 Å². The Balaban J connectivity index is 1.48. The second-order valence-electron chi connectivity index (χ2n) is 6.62. The average molecular weight is 470 g/mol. The number of H-pyrrole nitrogens is 1. The minimum atomic E-state index is -0.628. The number of nitrogens with one attached hydrogen (secondary N) is 2. The molecule has 2 aromatic carbocycles. The number of nitrogens with zero attached hydrogens (tertiary/aromatic N) is 3. The van der Waals surface area contributed by atoms with Gasteiger partial charge >= 0.3 is 5.69 Å². The van der Waals surface area contributed by atoms with Crippen LogP contribution in [0.4, 0.5) is 11.5 Å². The molecule has 0 atom stereocenters. The third-order valence-corrected chi connectivity index (χ3v) is 6.55. The first-order chi connectivity index (χ1) is 15.4. The number of rotatable bonds is 7. The Kier molecular flexibility index (Phi) is 6.14. The van der Waals surface area contributed by atoms with Crippen LogP contribution in [0.3, 0.4) is 0 Å². The number of amides is 1. The van der Waals surface area contributed by atoms with Gasteiger partial charge in [0, 0.05) is 18.2 Å². The zero-order chi connectivity index (χ0) is 22.7. The van der Waals surface area contributed by atoms with Gasteiger partial charge in [0.25, 0.3) is 11.2 Å². The summed E-state index contributed by atoms with van der Waals surface area (Å²) in [5.74, 6) is -0.353. The van der Waals surface area contributed by atoms with Crippen molar-refractivity contribution in [2.45, 2.75) is 10.9 Å². The summed E-state index contributed by atoms with van der Waals surface area (Å²) in [4.78, 5) is 53.5. The molecule has 2 N–H and O–H groups in total. The molecule has 0 bridgehead atoms. The summed E-state index contributed by atoms with van der Waals surface area (Å²) >= 11 is 2.47. The first-order valence-corrected chi connectivity index (χ1v) is 11.0. The molecule has 0 saturated heterocycles. The molecule has 32 heavy (non-hydrogen) atoms. The van der Waals surface area contributed by atoms with E-state index in [0.717, 1.165) is 28.1 Å². The molecule has 0 aliphatic heterocycles. The highest BCUT2D eigenvalue weighted by Crippen LogP contribution is 2.31. The summed E-state index contributed by atoms with van der Waals surface area (Å²) in [6.45, 7) is 0.176. The number of fused-ring (bicyclic) bond motifs is 1. The van der Waals surface area contributed by atoms with Gasteiger partial charge in [-0.15, -0.1) is 11.3 Å². The van der Waals surface area contributed by atoms with Crippen molar-refractivity contribution in [2.24, 2.45) is 0 Å². The molecule has 0 radical (unpaired) electrons. The summed E-state index contributed by atoms with van der Waals surface area (Å²) < 4.78 is 2.61. The summed E-state index contributed by atoms with van der Waals surface area (Å²) in [7, 11) is 0. The van der Waals surface area contributed by atoms with Crippen LogP contribution in [-0.2, 0) is 11.3 Å². The smallest absolute Gasteiger partial charge is 0.311 e. The van der Waals surface area contributed by atoms with Crippen molar-refractivity contribution in [2.75, 3.05) is 11.1 Å². The SMILES string of the molecule is O=C(CSc1nc2cc([N+](=O)[O-])ccc2s1)Nc1cc(=O)[nH]c(=O)n1Cc1ccccc1. The second-order valence-corrected chi connectivity index (χ2v) is 8.87. The van der Waals surface area contributed by atoms with Gasteiger partial charge in [0.05, 0.1) is 27.4 Å². The zero-order valence-corrected chi connectivity index (χ0v) is 17.9. The van der Waals surface area contributed by atoms with Crippen LogP contribution in [0.2, 0.25) is 0 Å². The van der Waals surface area contributed by atoms with Crippen LogP contribution >= 0.6 is 23.1 Å². The molecule has 2 aromatic heterocycles. The Morgan fingerprint density at radius 3 is 2.72 bits per heavy atom. The quantitative estimate of drug-likeness (QED) is 0.241. The van der Waals surface area contributed by atoms with Gasteiger partial charge in [0.2, 0.25) is 5.91 Å². The van der Waals surface area contributed by atoms with Crippen molar-refractivity contribution in [1.29, 1.82) is 0 Å². The fraction of sp³-hybridized carbons (Fsp3) is 0.100. The Hall–Kier alpha value is -3.77. The monoisotopic (exact) mass is 469 g/mol. The second kappa shape index (κ2) is 9.16. The molecule has 4 aromatic rings. The lowest BCUT2D eigenvalue weighted by Gasteiger charge is -2.12. The van der Waals surface area contributed by atoms with Gasteiger partial charge in [-0.2, -0.15) is 0 Å². The predicted molar refractivity (Wildman–Crippen MR) is 122 cm³/mol. The van der Waals surface area contributed by atoms with E-state index in [1.54, 1.807) is 6.07 Å². The van der Waals surface area contributed by atoms with Crippen LogP contribution in [0.5, 0.6) is 0 Å². The van der Waals surface area contributed by atoms with E-state index in [2.05, 4.69) is 15.3 Å². The van der Waals surface area contributed by atoms with Crippen molar-refractivity contribution in [3.8, 4) is 0 Å². The van der Waals surface area contributed by atoms with Gasteiger partial charge in [-0.05, 0) is 11.6 Å². The number of anilines is 1. The molecule has 0 unspecified atom stereocenters. The number of aromatic amines is 1. The fourth-order valence-corrected chi connectivity index (χ4v) is 4.77. The van der Waals surface area contributed by atoms with E-state index >= 15 is 0 Å². The summed E-state index contributed by atoms with van der Waals surface area (Å²) in [6, 6.07) is 14.7. The van der Waals surface area contributed by atoms with Crippen LogP contribution in [0.1, 0.15) is 5.56 Å². The van der Waals surface area contributed by atoms with E-state index in [-0.39, 0.29) is 23.8 Å². The number of hydrogen-bond donors (Lipinski definition) is 2. The molecule has 0 aliphatic rings. The molecule has 0 spiro atoms. The van der Waals surface area contributed by atoms with Gasteiger partial charge in [-0.25, -0.2) is 9.78 Å². The highest BCUT2D eigenvalue weighted by molar-refractivity contribution is 8.01. The summed E-state index contributed by atoms with van der Waals surface area (Å²) in [5, 5.41) is 13.5. The number of thioether (sulfide) groups is 1. The van der Waals surface area contributed by atoms with Gasteiger partial charge in [0.1, 0.15) is 5.82 Å². The Morgan fingerprint density at radius 1 is 1.19 bits per heavy atom. The summed E-state index contributed by atoms with van der Waals surface area (Å²) in [5.41, 5.74) is 0.0170. The maximum Gasteiger partial charge on any atom is 0.330 e.